The van der Waals surface area contributed by atoms with Crippen molar-refractivity contribution in [2.45, 2.75) is 52.5 Å². The molecule has 0 saturated carbocycles. The fourth-order valence-corrected chi connectivity index (χ4v) is 6.85. The first kappa shape index (κ1) is 23.6. The first-order valence-corrected chi connectivity index (χ1v) is 12.7. The van der Waals surface area contributed by atoms with Crippen LogP contribution in [0, 0.1) is 23.7 Å². The number of imide groups is 1. The highest BCUT2D eigenvalue weighted by molar-refractivity contribution is 6.23. The zero-order valence-electron chi connectivity index (χ0n) is 21.3. The second-order valence-electron chi connectivity index (χ2n) is 11.7. The maximum atomic E-state index is 13.7. The molecule has 3 aliphatic carbocycles. The number of benzene rings is 1. The monoisotopic (exact) mass is 499 g/mol. The third-order valence-electron chi connectivity index (χ3n) is 8.38. The molecule has 4 unspecified atom stereocenters. The molecule has 1 fully saturated rings. The summed E-state index contributed by atoms with van der Waals surface area (Å²) in [6.07, 6.45) is 6.15. The lowest BCUT2D eigenvalue weighted by atomic mass is 9.58. The Morgan fingerprint density at radius 2 is 1.81 bits per heavy atom. The van der Waals surface area contributed by atoms with E-state index in [0.717, 1.165) is 16.7 Å². The molecule has 7 heteroatoms. The molecule has 5 aliphatic rings. The lowest BCUT2D eigenvalue weighted by molar-refractivity contribution is -0.145. The predicted molar refractivity (Wildman–Crippen MR) is 134 cm³/mol. The van der Waals surface area contributed by atoms with Gasteiger partial charge in [-0.25, -0.2) is 0 Å². The fourth-order valence-electron chi connectivity index (χ4n) is 6.85. The second-order valence-corrected chi connectivity index (χ2v) is 11.7. The number of likely N-dealkylation sites (tertiary alicyclic amines) is 1. The van der Waals surface area contributed by atoms with Gasteiger partial charge in [0.2, 0.25) is 11.8 Å². The van der Waals surface area contributed by atoms with E-state index in [4.69, 9.17) is 4.74 Å². The molecule has 1 aromatic rings. The minimum Gasteiger partial charge on any atom is -0.508 e. The molecule has 6 rings (SSSR count). The van der Waals surface area contributed by atoms with E-state index in [1.165, 1.54) is 11.0 Å². The SMILES string of the molecule is CC1=CC(=O)C2=C(CC3C(=CCC4C(=O)N(C(C)(C)C)C(=O)C43)C2C2=COc3ccc(O)cc3C2)C1=O. The van der Waals surface area contributed by atoms with Gasteiger partial charge in [0.15, 0.2) is 11.6 Å². The van der Waals surface area contributed by atoms with Gasteiger partial charge in [-0.3, -0.25) is 24.1 Å². The van der Waals surface area contributed by atoms with Crippen LogP contribution in [-0.4, -0.2) is 38.9 Å². The van der Waals surface area contributed by atoms with E-state index in [2.05, 4.69) is 0 Å². The van der Waals surface area contributed by atoms with Gasteiger partial charge in [0, 0.05) is 40.2 Å². The molecule has 2 amide bonds. The van der Waals surface area contributed by atoms with Gasteiger partial charge in [0.25, 0.3) is 0 Å². The van der Waals surface area contributed by atoms with Crippen LogP contribution in [0.5, 0.6) is 11.5 Å². The Labute approximate surface area is 215 Å². The lowest BCUT2D eigenvalue weighted by Gasteiger charge is -2.43. The summed E-state index contributed by atoms with van der Waals surface area (Å²) in [6, 6.07) is 4.89. The minimum absolute atomic E-state index is 0.115. The summed E-state index contributed by atoms with van der Waals surface area (Å²) < 4.78 is 5.91. The van der Waals surface area contributed by atoms with Crippen LogP contribution in [-0.2, 0) is 25.6 Å². The number of nitrogens with zero attached hydrogens (tertiary/aromatic N) is 1. The van der Waals surface area contributed by atoms with E-state index < -0.39 is 23.3 Å². The van der Waals surface area contributed by atoms with Gasteiger partial charge in [0.1, 0.15) is 11.5 Å². The minimum atomic E-state index is -0.647. The van der Waals surface area contributed by atoms with Gasteiger partial charge >= 0.3 is 0 Å². The number of carbonyl (C=O) groups is 4. The van der Waals surface area contributed by atoms with E-state index in [-0.39, 0.29) is 41.5 Å². The van der Waals surface area contributed by atoms with Crippen LogP contribution in [0.15, 0.2) is 64.5 Å². The van der Waals surface area contributed by atoms with Gasteiger partial charge in [-0.05, 0) is 76.3 Å². The third-order valence-corrected chi connectivity index (χ3v) is 8.38. The van der Waals surface area contributed by atoms with E-state index in [1.807, 2.05) is 26.8 Å². The van der Waals surface area contributed by atoms with Crippen LogP contribution in [0.4, 0.5) is 0 Å². The zero-order valence-corrected chi connectivity index (χ0v) is 21.3. The Morgan fingerprint density at radius 3 is 2.54 bits per heavy atom. The molecule has 7 nitrogen and oxygen atoms in total. The summed E-state index contributed by atoms with van der Waals surface area (Å²) >= 11 is 0. The Kier molecular flexibility index (Phi) is 5.03. The lowest BCUT2D eigenvalue weighted by Crippen LogP contribution is -2.46. The van der Waals surface area contributed by atoms with Crippen LogP contribution < -0.4 is 4.74 Å². The number of phenols is 1. The molecule has 2 heterocycles. The van der Waals surface area contributed by atoms with Crippen molar-refractivity contribution in [2.24, 2.45) is 23.7 Å². The molecule has 0 bridgehead atoms. The molecule has 4 atom stereocenters. The van der Waals surface area contributed by atoms with Crippen molar-refractivity contribution < 1.29 is 29.0 Å². The van der Waals surface area contributed by atoms with Crippen LogP contribution in [0.2, 0.25) is 0 Å². The second kappa shape index (κ2) is 7.88. The zero-order chi connectivity index (χ0) is 26.4. The molecule has 1 N–H and O–H groups in total. The summed E-state index contributed by atoms with van der Waals surface area (Å²) in [5.41, 5.74) is 3.10. The van der Waals surface area contributed by atoms with Crippen LogP contribution >= 0.6 is 0 Å². The summed E-state index contributed by atoms with van der Waals surface area (Å²) in [5.74, 6) is -1.94. The third kappa shape index (κ3) is 3.40. The highest BCUT2D eigenvalue weighted by atomic mass is 16.5. The number of hydrogen-bond donors (Lipinski definition) is 1. The predicted octanol–water partition coefficient (Wildman–Crippen LogP) is 3.97. The van der Waals surface area contributed by atoms with Crippen molar-refractivity contribution in [1.29, 1.82) is 0 Å². The summed E-state index contributed by atoms with van der Waals surface area (Å²) in [5, 5.41) is 10.0. The average molecular weight is 500 g/mol. The number of amides is 2. The van der Waals surface area contributed by atoms with Gasteiger partial charge in [-0.1, -0.05) is 11.6 Å². The fraction of sp³-hybridized carbons (Fsp3) is 0.400. The number of fused-ring (bicyclic) bond motifs is 4. The summed E-state index contributed by atoms with van der Waals surface area (Å²) in [4.78, 5) is 55.2. The standard InChI is InChI=1S/C30H29NO6/c1-14-9-22(33)26-21(27(14)34)12-20-18(6-7-19-25(20)29(36)31(28(19)35)30(2,3)4)24(26)16-10-15-11-17(32)5-8-23(15)37-13-16/h5-6,8-9,11,13,19-20,24-25,32H,7,10,12H2,1-4H3. The normalized spacial score (nSPS) is 29.1. The maximum Gasteiger partial charge on any atom is 0.234 e. The van der Waals surface area contributed by atoms with Crippen molar-refractivity contribution in [2.75, 3.05) is 0 Å². The first-order chi connectivity index (χ1) is 17.5. The average Bonchev–Trinajstić information content (AvgIpc) is 3.11. The van der Waals surface area contributed by atoms with Gasteiger partial charge in [0.05, 0.1) is 18.1 Å². The molecule has 1 aromatic carbocycles. The van der Waals surface area contributed by atoms with Gasteiger partial charge in [-0.15, -0.1) is 0 Å². The number of carbonyl (C=O) groups excluding carboxylic acids is 4. The Balaban J connectivity index is 1.48. The van der Waals surface area contributed by atoms with Crippen molar-refractivity contribution in [3.63, 3.8) is 0 Å². The van der Waals surface area contributed by atoms with Crippen molar-refractivity contribution >= 4 is 23.4 Å². The number of allylic oxidation sites excluding steroid dienone is 7. The smallest absolute Gasteiger partial charge is 0.234 e. The molecule has 0 radical (unpaired) electrons. The van der Waals surface area contributed by atoms with E-state index in [1.54, 1.807) is 31.4 Å². The van der Waals surface area contributed by atoms with Crippen LogP contribution in [0.3, 0.4) is 0 Å². The topological polar surface area (TPSA) is 101 Å². The number of aromatic hydroxyl groups is 1. The number of ketones is 2. The molecule has 0 spiro atoms. The summed E-state index contributed by atoms with van der Waals surface area (Å²) in [6.45, 7) is 7.20. The van der Waals surface area contributed by atoms with Crippen molar-refractivity contribution in [3.8, 4) is 11.5 Å². The molecule has 2 aliphatic heterocycles. The first-order valence-electron chi connectivity index (χ1n) is 12.7. The highest BCUT2D eigenvalue weighted by Crippen LogP contribution is 2.55. The molecule has 1 saturated heterocycles. The van der Waals surface area contributed by atoms with Crippen LogP contribution in [0.25, 0.3) is 0 Å². The molecule has 190 valence electrons. The van der Waals surface area contributed by atoms with E-state index in [0.29, 0.717) is 35.3 Å². The molecular formula is C30H29NO6. The number of hydrogen-bond acceptors (Lipinski definition) is 6. The van der Waals surface area contributed by atoms with Crippen LogP contribution in [0.1, 0.15) is 46.1 Å². The summed E-state index contributed by atoms with van der Waals surface area (Å²) in [7, 11) is 0. The number of Topliss-reactive ketones (excluding diaryl/α,β-unsaturated/α-hetero) is 1. The Morgan fingerprint density at radius 1 is 1.05 bits per heavy atom. The van der Waals surface area contributed by atoms with Gasteiger partial charge < -0.3 is 9.84 Å². The highest BCUT2D eigenvalue weighted by Gasteiger charge is 2.58. The number of rotatable bonds is 1. The van der Waals surface area contributed by atoms with E-state index in [9.17, 15) is 24.3 Å². The Bertz CT molecular complexity index is 1430. The molecule has 37 heavy (non-hydrogen) atoms. The van der Waals surface area contributed by atoms with Crippen molar-refractivity contribution in [1.82, 2.24) is 4.90 Å². The number of phenolic OH excluding ortho intramolecular Hbond substituents is 1. The molecular weight excluding hydrogens is 470 g/mol. The maximum absolute atomic E-state index is 13.7. The van der Waals surface area contributed by atoms with Crippen molar-refractivity contribution in [3.05, 3.63) is 70.0 Å². The number of ether oxygens (including phenoxy) is 1. The quantitative estimate of drug-likeness (QED) is 0.357. The Hall–Kier alpha value is -3.74. The van der Waals surface area contributed by atoms with Gasteiger partial charge in [-0.2, -0.15) is 0 Å². The largest absolute Gasteiger partial charge is 0.508 e. The van der Waals surface area contributed by atoms with E-state index >= 15 is 0 Å². The molecule has 0 aromatic heterocycles.